The van der Waals surface area contributed by atoms with Crippen molar-refractivity contribution in [2.45, 2.75) is 64.0 Å². The largest absolute Gasteiger partial charge is 0.326 e. The predicted octanol–water partition coefficient (Wildman–Crippen LogP) is 4.70. The van der Waals surface area contributed by atoms with Crippen molar-refractivity contribution in [2.24, 2.45) is 5.92 Å². The van der Waals surface area contributed by atoms with Crippen molar-refractivity contribution in [1.29, 1.82) is 0 Å². The van der Waals surface area contributed by atoms with E-state index in [4.69, 9.17) is 0 Å². The van der Waals surface area contributed by atoms with Crippen molar-refractivity contribution in [3.8, 4) is 0 Å². The number of carbonyl (C=O) groups excluding carboxylic acids is 1. The Morgan fingerprint density at radius 2 is 2.04 bits per heavy atom. The van der Waals surface area contributed by atoms with E-state index in [1.54, 1.807) is 11.3 Å². The molecular formula is C19H26ClN3OS. The van der Waals surface area contributed by atoms with Crippen LogP contribution in [0.1, 0.15) is 56.9 Å². The van der Waals surface area contributed by atoms with Crippen LogP contribution in [0.3, 0.4) is 0 Å². The van der Waals surface area contributed by atoms with Crippen molar-refractivity contribution in [3.05, 3.63) is 23.2 Å². The number of carbonyl (C=O) groups is 1. The van der Waals surface area contributed by atoms with Gasteiger partial charge < -0.3 is 10.6 Å². The van der Waals surface area contributed by atoms with Crippen LogP contribution in [0.15, 0.2) is 18.2 Å². The third kappa shape index (κ3) is 4.15. The molecule has 6 heteroatoms. The molecule has 2 aliphatic heterocycles. The van der Waals surface area contributed by atoms with Crippen molar-refractivity contribution in [2.75, 3.05) is 5.32 Å². The molecule has 4 rings (SSSR count). The molecule has 0 saturated carbocycles. The Morgan fingerprint density at radius 3 is 2.72 bits per heavy atom. The Labute approximate surface area is 159 Å². The van der Waals surface area contributed by atoms with Gasteiger partial charge in [-0.3, -0.25) is 4.79 Å². The summed E-state index contributed by atoms with van der Waals surface area (Å²) in [7, 11) is 0. The van der Waals surface area contributed by atoms with E-state index in [1.165, 1.54) is 12.8 Å². The van der Waals surface area contributed by atoms with Crippen LogP contribution in [0.4, 0.5) is 5.69 Å². The van der Waals surface area contributed by atoms with Gasteiger partial charge in [0.25, 0.3) is 0 Å². The number of halogens is 1. The zero-order valence-corrected chi connectivity index (χ0v) is 16.4. The summed E-state index contributed by atoms with van der Waals surface area (Å²) in [5.74, 6) is 1.12. The summed E-state index contributed by atoms with van der Waals surface area (Å²) >= 11 is 1.72. The molecule has 2 atom stereocenters. The molecule has 25 heavy (non-hydrogen) atoms. The van der Waals surface area contributed by atoms with E-state index in [0.717, 1.165) is 33.8 Å². The van der Waals surface area contributed by atoms with Gasteiger partial charge in [0.15, 0.2) is 0 Å². The molecule has 2 aromatic rings. The van der Waals surface area contributed by atoms with Crippen LogP contribution in [-0.4, -0.2) is 23.0 Å². The first-order valence-corrected chi connectivity index (χ1v) is 9.85. The molecule has 0 aliphatic carbocycles. The molecule has 2 N–H and O–H groups in total. The molecule has 4 nitrogen and oxygen atoms in total. The molecular weight excluding hydrogens is 354 g/mol. The zero-order valence-electron chi connectivity index (χ0n) is 14.7. The molecule has 0 radical (unpaired) electrons. The number of hydrogen-bond acceptors (Lipinski definition) is 4. The van der Waals surface area contributed by atoms with E-state index in [-0.39, 0.29) is 18.3 Å². The average Bonchev–Trinajstić information content (AvgIpc) is 3.10. The number of aromatic nitrogens is 1. The van der Waals surface area contributed by atoms with Crippen LogP contribution in [-0.2, 0) is 4.79 Å². The van der Waals surface area contributed by atoms with Crippen LogP contribution in [0.5, 0.6) is 0 Å². The van der Waals surface area contributed by atoms with Gasteiger partial charge in [0.05, 0.1) is 15.2 Å². The summed E-state index contributed by atoms with van der Waals surface area (Å²) in [4.78, 5) is 17.1. The average molecular weight is 380 g/mol. The molecule has 2 bridgehead atoms. The smallest absolute Gasteiger partial charge is 0.224 e. The van der Waals surface area contributed by atoms with Crippen molar-refractivity contribution >= 4 is 45.6 Å². The van der Waals surface area contributed by atoms with Crippen LogP contribution in [0, 0.1) is 5.92 Å². The summed E-state index contributed by atoms with van der Waals surface area (Å²) in [5, 5.41) is 7.88. The van der Waals surface area contributed by atoms with Crippen LogP contribution in [0.25, 0.3) is 10.2 Å². The first-order valence-electron chi connectivity index (χ1n) is 9.03. The van der Waals surface area contributed by atoms with E-state index in [9.17, 15) is 4.79 Å². The molecule has 136 valence electrons. The standard InChI is InChI=1S/C19H25N3OS.ClH/c1-11(2)19-22-16-6-5-15(10-17(16)24-19)21-18(23)9-12-7-13-3-4-14(8-12)20-13;/h5-6,10-14,20H,3-4,7-9H2,1-2H3,(H,21,23);1H. The highest BCUT2D eigenvalue weighted by molar-refractivity contribution is 7.18. The molecule has 3 heterocycles. The number of rotatable bonds is 4. The highest BCUT2D eigenvalue weighted by atomic mass is 35.5. The molecule has 0 spiro atoms. The number of fused-ring (bicyclic) bond motifs is 3. The lowest BCUT2D eigenvalue weighted by molar-refractivity contribution is -0.117. The van der Waals surface area contributed by atoms with Crippen molar-refractivity contribution in [3.63, 3.8) is 0 Å². The molecule has 2 saturated heterocycles. The maximum Gasteiger partial charge on any atom is 0.224 e. The Hall–Kier alpha value is -1.17. The van der Waals surface area contributed by atoms with E-state index in [0.29, 0.717) is 30.3 Å². The normalized spacial score (nSPS) is 25.2. The fourth-order valence-electron chi connectivity index (χ4n) is 4.08. The second-order valence-electron chi connectivity index (χ2n) is 7.62. The van der Waals surface area contributed by atoms with Gasteiger partial charge in [-0.05, 0) is 49.8 Å². The maximum absolute atomic E-state index is 12.4. The highest BCUT2D eigenvalue weighted by Crippen LogP contribution is 2.33. The van der Waals surface area contributed by atoms with Gasteiger partial charge in [-0.15, -0.1) is 23.7 Å². The van der Waals surface area contributed by atoms with Crippen LogP contribution >= 0.6 is 23.7 Å². The number of benzene rings is 1. The Kier molecular flexibility index (Phi) is 5.66. The number of nitrogens with one attached hydrogen (secondary N) is 2. The molecule has 1 aromatic heterocycles. The van der Waals surface area contributed by atoms with E-state index < -0.39 is 0 Å². The summed E-state index contributed by atoms with van der Waals surface area (Å²) in [6.07, 6.45) is 5.50. The molecule has 1 aromatic carbocycles. The number of hydrogen-bond donors (Lipinski definition) is 2. The SMILES string of the molecule is CC(C)c1nc2ccc(NC(=O)CC3CC4CCC(C3)N4)cc2s1.Cl. The first kappa shape index (κ1) is 18.6. The lowest BCUT2D eigenvalue weighted by atomic mass is 9.89. The molecule has 1 amide bonds. The second kappa shape index (κ2) is 7.60. The Balaban J connectivity index is 0.00000182. The topological polar surface area (TPSA) is 54.0 Å². The van der Waals surface area contributed by atoms with Gasteiger partial charge in [0.2, 0.25) is 5.91 Å². The minimum atomic E-state index is 0. The summed E-state index contributed by atoms with van der Waals surface area (Å²) in [6.45, 7) is 4.32. The van der Waals surface area contributed by atoms with Gasteiger partial charge in [0, 0.05) is 30.1 Å². The lowest BCUT2D eigenvalue weighted by Gasteiger charge is -2.28. The number of thiazole rings is 1. The second-order valence-corrected chi connectivity index (χ2v) is 8.68. The van der Waals surface area contributed by atoms with Crippen LogP contribution in [0.2, 0.25) is 0 Å². The van der Waals surface area contributed by atoms with E-state index in [2.05, 4.69) is 35.5 Å². The van der Waals surface area contributed by atoms with Gasteiger partial charge >= 0.3 is 0 Å². The van der Waals surface area contributed by atoms with Gasteiger partial charge in [-0.2, -0.15) is 0 Å². The quantitative estimate of drug-likeness (QED) is 0.809. The Bertz CT molecular complexity index is 748. The zero-order chi connectivity index (χ0) is 16.7. The fourth-order valence-corrected chi connectivity index (χ4v) is 5.09. The lowest BCUT2D eigenvalue weighted by Crippen LogP contribution is -2.39. The number of nitrogens with zero attached hydrogens (tertiary/aromatic N) is 1. The number of anilines is 1. The first-order chi connectivity index (χ1) is 11.6. The van der Waals surface area contributed by atoms with E-state index in [1.807, 2.05) is 12.1 Å². The summed E-state index contributed by atoms with van der Waals surface area (Å²) in [5.41, 5.74) is 1.92. The minimum absolute atomic E-state index is 0. The predicted molar refractivity (Wildman–Crippen MR) is 107 cm³/mol. The molecule has 2 unspecified atom stereocenters. The Morgan fingerprint density at radius 1 is 1.32 bits per heavy atom. The van der Waals surface area contributed by atoms with Gasteiger partial charge in [0.1, 0.15) is 0 Å². The number of piperidine rings is 1. The van der Waals surface area contributed by atoms with Gasteiger partial charge in [-0.25, -0.2) is 4.98 Å². The fraction of sp³-hybridized carbons (Fsp3) is 0.579. The summed E-state index contributed by atoms with van der Waals surface area (Å²) in [6, 6.07) is 7.33. The molecule has 2 fully saturated rings. The van der Waals surface area contributed by atoms with Crippen molar-refractivity contribution < 1.29 is 4.79 Å². The van der Waals surface area contributed by atoms with Crippen molar-refractivity contribution in [1.82, 2.24) is 10.3 Å². The highest BCUT2D eigenvalue weighted by Gasteiger charge is 2.34. The van der Waals surface area contributed by atoms with E-state index >= 15 is 0 Å². The van der Waals surface area contributed by atoms with Gasteiger partial charge in [-0.1, -0.05) is 13.8 Å². The third-order valence-corrected chi connectivity index (χ3v) is 6.55. The van der Waals surface area contributed by atoms with Crippen LogP contribution < -0.4 is 10.6 Å². The summed E-state index contributed by atoms with van der Waals surface area (Å²) < 4.78 is 1.15. The number of amides is 1. The third-order valence-electron chi connectivity index (χ3n) is 5.23. The monoisotopic (exact) mass is 379 g/mol. The molecule has 2 aliphatic rings. The maximum atomic E-state index is 12.4. The minimum Gasteiger partial charge on any atom is -0.326 e.